The van der Waals surface area contributed by atoms with Gasteiger partial charge in [-0.25, -0.2) is 17.6 Å². The Bertz CT molecular complexity index is 1410. The molecular formula is C38H42F4. The Morgan fingerprint density at radius 3 is 1.90 bits per heavy atom. The van der Waals surface area contributed by atoms with Crippen LogP contribution in [0.1, 0.15) is 88.7 Å². The first kappa shape index (κ1) is 30.3. The number of hydrogen-bond acceptors (Lipinski definition) is 0. The van der Waals surface area contributed by atoms with E-state index in [9.17, 15) is 8.78 Å². The van der Waals surface area contributed by atoms with E-state index in [0.717, 1.165) is 43.1 Å². The molecule has 42 heavy (non-hydrogen) atoms. The predicted octanol–water partition coefficient (Wildman–Crippen LogP) is 11.9. The molecule has 0 radical (unpaired) electrons. The molecule has 5 rings (SSSR count). The highest BCUT2D eigenvalue weighted by molar-refractivity contribution is 5.74. The summed E-state index contributed by atoms with van der Waals surface area (Å²) in [4.78, 5) is 0. The second-order valence-electron chi connectivity index (χ2n) is 12.3. The molecule has 0 amide bonds. The molecule has 0 N–H and O–H groups in total. The van der Waals surface area contributed by atoms with Gasteiger partial charge in [-0.2, -0.15) is 0 Å². The molecule has 1 saturated carbocycles. The Morgan fingerprint density at radius 2 is 1.31 bits per heavy atom. The van der Waals surface area contributed by atoms with Gasteiger partial charge in [-0.1, -0.05) is 93.3 Å². The lowest BCUT2D eigenvalue weighted by Crippen LogP contribution is -2.23. The van der Waals surface area contributed by atoms with Crippen LogP contribution in [0.25, 0.3) is 27.8 Å². The molecule has 1 unspecified atom stereocenters. The number of benzene rings is 3. The summed E-state index contributed by atoms with van der Waals surface area (Å²) < 4.78 is 60.3. The molecule has 0 aromatic heterocycles. The van der Waals surface area contributed by atoms with Crippen molar-refractivity contribution in [3.05, 3.63) is 102 Å². The van der Waals surface area contributed by atoms with E-state index in [0.29, 0.717) is 41.0 Å². The summed E-state index contributed by atoms with van der Waals surface area (Å²) >= 11 is 0. The van der Waals surface area contributed by atoms with Gasteiger partial charge in [-0.05, 0) is 91.4 Å². The van der Waals surface area contributed by atoms with Gasteiger partial charge in [0, 0.05) is 16.7 Å². The van der Waals surface area contributed by atoms with Crippen LogP contribution >= 0.6 is 0 Å². The largest absolute Gasteiger partial charge is 0.203 e. The van der Waals surface area contributed by atoms with Crippen molar-refractivity contribution in [2.45, 2.75) is 84.0 Å². The fraction of sp³-hybridized carbons (Fsp3) is 0.421. The van der Waals surface area contributed by atoms with Gasteiger partial charge in [0.1, 0.15) is 0 Å². The van der Waals surface area contributed by atoms with E-state index in [1.165, 1.54) is 38.5 Å². The summed E-state index contributed by atoms with van der Waals surface area (Å²) in [6.45, 7) is 5.93. The third-order valence-corrected chi connectivity index (χ3v) is 9.66. The second-order valence-corrected chi connectivity index (χ2v) is 12.3. The predicted molar refractivity (Wildman–Crippen MR) is 166 cm³/mol. The van der Waals surface area contributed by atoms with Gasteiger partial charge >= 0.3 is 0 Å². The fourth-order valence-corrected chi connectivity index (χ4v) is 7.18. The molecule has 1 atom stereocenters. The lowest BCUT2D eigenvalue weighted by Gasteiger charge is -2.35. The van der Waals surface area contributed by atoms with Crippen LogP contribution in [-0.2, 0) is 6.42 Å². The van der Waals surface area contributed by atoms with Gasteiger partial charge in [-0.15, -0.1) is 6.58 Å². The zero-order chi connectivity index (χ0) is 29.6. The van der Waals surface area contributed by atoms with Crippen molar-refractivity contribution in [2.75, 3.05) is 0 Å². The van der Waals surface area contributed by atoms with Crippen molar-refractivity contribution in [3.63, 3.8) is 0 Å². The maximum absolute atomic E-state index is 15.4. The molecule has 0 saturated heterocycles. The van der Waals surface area contributed by atoms with Crippen molar-refractivity contribution in [2.24, 2.45) is 17.8 Å². The zero-order valence-electron chi connectivity index (χ0n) is 24.7. The number of aryl methyl sites for hydroxylation is 1. The molecule has 2 aliphatic rings. The van der Waals surface area contributed by atoms with E-state index in [-0.39, 0.29) is 11.1 Å². The molecule has 4 heteroatoms. The fourth-order valence-electron chi connectivity index (χ4n) is 7.18. The third-order valence-electron chi connectivity index (χ3n) is 9.66. The molecule has 1 fully saturated rings. The highest BCUT2D eigenvalue weighted by Crippen LogP contribution is 2.43. The van der Waals surface area contributed by atoms with E-state index in [2.05, 4.69) is 19.6 Å². The molecule has 0 aliphatic heterocycles. The minimum absolute atomic E-state index is 0.144. The van der Waals surface area contributed by atoms with E-state index in [1.807, 2.05) is 0 Å². The Kier molecular flexibility index (Phi) is 10.0. The highest BCUT2D eigenvalue weighted by atomic mass is 19.2. The summed E-state index contributed by atoms with van der Waals surface area (Å²) in [6, 6.07) is 13.0. The topological polar surface area (TPSA) is 0 Å². The van der Waals surface area contributed by atoms with Crippen LogP contribution in [0, 0.1) is 41.0 Å². The second kappa shape index (κ2) is 13.9. The quantitative estimate of drug-likeness (QED) is 0.128. The van der Waals surface area contributed by atoms with Crippen LogP contribution in [-0.4, -0.2) is 0 Å². The lowest BCUT2D eigenvalue weighted by atomic mass is 9.70. The van der Waals surface area contributed by atoms with Gasteiger partial charge in [-0.3, -0.25) is 0 Å². The van der Waals surface area contributed by atoms with Crippen LogP contribution < -0.4 is 0 Å². The lowest BCUT2D eigenvalue weighted by molar-refractivity contribution is 0.189. The normalized spacial score (nSPS) is 20.8. The summed E-state index contributed by atoms with van der Waals surface area (Å²) in [7, 11) is 0. The maximum atomic E-state index is 15.4. The number of hydrogen-bond donors (Lipinski definition) is 0. The average molecular weight is 575 g/mol. The van der Waals surface area contributed by atoms with Gasteiger partial charge < -0.3 is 0 Å². The van der Waals surface area contributed by atoms with Crippen LogP contribution in [0.2, 0.25) is 0 Å². The summed E-state index contributed by atoms with van der Waals surface area (Å²) in [5.41, 5.74) is 2.85. The molecule has 3 aromatic carbocycles. The highest BCUT2D eigenvalue weighted by Gasteiger charge is 2.29. The van der Waals surface area contributed by atoms with Crippen molar-refractivity contribution in [1.82, 2.24) is 0 Å². The Hall–Kier alpha value is -3.14. The minimum atomic E-state index is -0.896. The number of allylic oxidation sites excluding steroid dienone is 3. The molecule has 222 valence electrons. The van der Waals surface area contributed by atoms with E-state index < -0.39 is 23.3 Å². The standard InChI is InChI=1S/C38H42F4/c1-3-5-6-8-31-21-22-32(36(40)35(31)39)29-17-19-30(20-18-29)34-24-23-33(37(41)38(34)42)28-15-13-27(14-16-28)26-11-9-25(7-4-2)10-12-26/h3,15,17-27H,1,4-14,16H2,2H3. The van der Waals surface area contributed by atoms with Crippen molar-refractivity contribution in [3.8, 4) is 22.3 Å². The Labute approximate surface area is 248 Å². The van der Waals surface area contributed by atoms with Crippen LogP contribution in [0.3, 0.4) is 0 Å². The molecular weight excluding hydrogens is 532 g/mol. The first-order valence-corrected chi connectivity index (χ1v) is 15.8. The summed E-state index contributed by atoms with van der Waals surface area (Å²) in [5.74, 6) is -1.14. The molecule has 2 aliphatic carbocycles. The summed E-state index contributed by atoms with van der Waals surface area (Å²) in [5, 5.41) is 0. The van der Waals surface area contributed by atoms with Crippen LogP contribution in [0.5, 0.6) is 0 Å². The molecule has 3 aromatic rings. The molecule has 0 nitrogen and oxygen atoms in total. The van der Waals surface area contributed by atoms with E-state index >= 15 is 8.78 Å². The number of unbranched alkanes of at least 4 members (excludes halogenated alkanes) is 1. The maximum Gasteiger partial charge on any atom is 0.167 e. The smallest absolute Gasteiger partial charge is 0.167 e. The monoisotopic (exact) mass is 574 g/mol. The van der Waals surface area contributed by atoms with Gasteiger partial charge in [0.25, 0.3) is 0 Å². The zero-order valence-corrected chi connectivity index (χ0v) is 24.7. The summed E-state index contributed by atoms with van der Waals surface area (Å²) in [6.07, 6.45) is 16.4. The van der Waals surface area contributed by atoms with Crippen LogP contribution in [0.4, 0.5) is 17.6 Å². The van der Waals surface area contributed by atoms with E-state index in [1.54, 1.807) is 54.6 Å². The first-order valence-electron chi connectivity index (χ1n) is 15.8. The van der Waals surface area contributed by atoms with Gasteiger partial charge in [0.15, 0.2) is 23.3 Å². The molecule has 0 bridgehead atoms. The minimum Gasteiger partial charge on any atom is -0.203 e. The first-order chi connectivity index (χ1) is 20.4. The number of rotatable bonds is 10. The van der Waals surface area contributed by atoms with Crippen LogP contribution in [0.15, 0.2) is 67.3 Å². The van der Waals surface area contributed by atoms with Crippen molar-refractivity contribution >= 4 is 5.57 Å². The third kappa shape index (κ3) is 6.58. The van der Waals surface area contributed by atoms with Gasteiger partial charge in [0.05, 0.1) is 0 Å². The van der Waals surface area contributed by atoms with E-state index in [4.69, 9.17) is 0 Å². The van der Waals surface area contributed by atoms with Crippen molar-refractivity contribution < 1.29 is 17.6 Å². The van der Waals surface area contributed by atoms with Gasteiger partial charge in [0.2, 0.25) is 0 Å². The van der Waals surface area contributed by atoms with Crippen molar-refractivity contribution in [1.29, 1.82) is 0 Å². The Balaban J connectivity index is 1.27. The molecule has 0 heterocycles. The SMILES string of the molecule is C=CCCCc1ccc(-c2ccc(-c3ccc(C4=CCC(C5CCC(CCC)CC5)CC4)c(F)c3F)cc2)c(F)c1F. The Morgan fingerprint density at radius 1 is 0.714 bits per heavy atom. The average Bonchev–Trinajstić information content (AvgIpc) is 3.02. The molecule has 0 spiro atoms. The number of halogens is 4.